The number of rotatable bonds is 2. The number of carbonyl (C=O) groups is 1. The molecule has 0 bridgehead atoms. The molecular weight excluding hydrogens is 307 g/mol. The smallest absolute Gasteiger partial charge is 0.341 e. The predicted octanol–water partition coefficient (Wildman–Crippen LogP) is 3.12. The zero-order chi connectivity index (χ0) is 15.8. The minimum atomic E-state index is -4.61. The summed E-state index contributed by atoms with van der Waals surface area (Å²) in [5, 5.41) is 3.00. The Morgan fingerprint density at radius 2 is 1.95 bits per heavy atom. The molecule has 1 aromatic rings. The average molecular weight is 324 g/mol. The van der Waals surface area contributed by atoms with E-state index in [2.05, 4.69) is 12.0 Å². The number of nitrogens with zero attached hydrogens (tertiary/aromatic N) is 3. The Morgan fingerprint density at radius 1 is 1.38 bits per heavy atom. The van der Waals surface area contributed by atoms with Crippen LogP contribution in [0.4, 0.5) is 13.2 Å². The minimum absolute atomic E-state index is 0.155. The van der Waals surface area contributed by atoms with Gasteiger partial charge in [0.25, 0.3) is 0 Å². The Labute approximate surface area is 125 Å². The van der Waals surface area contributed by atoms with Crippen LogP contribution in [0.2, 0.25) is 5.02 Å². The van der Waals surface area contributed by atoms with Gasteiger partial charge in [-0.05, 0) is 25.7 Å². The lowest BCUT2D eigenvalue weighted by Gasteiger charge is -2.30. The van der Waals surface area contributed by atoms with Crippen molar-refractivity contribution in [2.75, 3.05) is 13.1 Å². The van der Waals surface area contributed by atoms with Crippen LogP contribution < -0.4 is 0 Å². The maximum absolute atomic E-state index is 12.7. The third-order valence-electron chi connectivity index (χ3n) is 3.82. The molecule has 8 heteroatoms. The Bertz CT molecular complexity index is 533. The lowest BCUT2D eigenvalue weighted by molar-refractivity contribution is -0.142. The van der Waals surface area contributed by atoms with Crippen molar-refractivity contribution in [3.63, 3.8) is 0 Å². The number of piperidine rings is 1. The molecule has 1 aliphatic rings. The zero-order valence-corrected chi connectivity index (χ0v) is 12.6. The maximum atomic E-state index is 12.7. The summed E-state index contributed by atoms with van der Waals surface area (Å²) >= 11 is 5.66. The molecule has 1 fully saturated rings. The van der Waals surface area contributed by atoms with Gasteiger partial charge < -0.3 is 4.90 Å². The highest BCUT2D eigenvalue weighted by molar-refractivity contribution is 6.32. The van der Waals surface area contributed by atoms with Crippen molar-refractivity contribution in [2.45, 2.75) is 39.4 Å². The lowest BCUT2D eigenvalue weighted by Crippen LogP contribution is -2.40. The molecule has 21 heavy (non-hydrogen) atoms. The van der Waals surface area contributed by atoms with E-state index in [0.717, 1.165) is 17.5 Å². The molecule has 118 valence electrons. The molecule has 1 aromatic heterocycles. The van der Waals surface area contributed by atoms with Crippen LogP contribution in [0.3, 0.4) is 0 Å². The van der Waals surface area contributed by atoms with Crippen LogP contribution in [0.15, 0.2) is 0 Å². The van der Waals surface area contributed by atoms with Crippen LogP contribution in [0.5, 0.6) is 0 Å². The first-order valence-corrected chi connectivity index (χ1v) is 7.15. The summed E-state index contributed by atoms with van der Waals surface area (Å²) in [6.07, 6.45) is -2.78. The molecule has 0 aliphatic carbocycles. The summed E-state index contributed by atoms with van der Waals surface area (Å²) in [4.78, 5) is 13.8. The SMILES string of the molecule is Cc1c(Cl)c(C(F)(F)F)nn1CC(=O)N1CCC(C)CC1. The number of halogens is 4. The average Bonchev–Trinajstić information content (AvgIpc) is 2.67. The van der Waals surface area contributed by atoms with Gasteiger partial charge in [-0.25, -0.2) is 0 Å². The largest absolute Gasteiger partial charge is 0.436 e. The lowest BCUT2D eigenvalue weighted by atomic mass is 9.99. The maximum Gasteiger partial charge on any atom is 0.436 e. The monoisotopic (exact) mass is 323 g/mol. The molecule has 1 amide bonds. The van der Waals surface area contributed by atoms with Gasteiger partial charge in [-0.2, -0.15) is 18.3 Å². The molecule has 0 radical (unpaired) electrons. The molecule has 0 unspecified atom stereocenters. The van der Waals surface area contributed by atoms with Gasteiger partial charge in [0, 0.05) is 13.1 Å². The molecule has 4 nitrogen and oxygen atoms in total. The molecule has 2 rings (SSSR count). The van der Waals surface area contributed by atoms with E-state index in [9.17, 15) is 18.0 Å². The molecule has 0 atom stereocenters. The number of amides is 1. The highest BCUT2D eigenvalue weighted by Gasteiger charge is 2.38. The number of hydrogen-bond acceptors (Lipinski definition) is 2. The van der Waals surface area contributed by atoms with Crippen molar-refractivity contribution in [1.82, 2.24) is 14.7 Å². The second-order valence-electron chi connectivity index (χ2n) is 5.47. The fraction of sp³-hybridized carbons (Fsp3) is 0.692. The van der Waals surface area contributed by atoms with E-state index in [1.54, 1.807) is 4.90 Å². The molecule has 1 aliphatic heterocycles. The first-order valence-electron chi connectivity index (χ1n) is 6.78. The van der Waals surface area contributed by atoms with Crippen LogP contribution in [-0.2, 0) is 17.5 Å². The van der Waals surface area contributed by atoms with Crippen molar-refractivity contribution >= 4 is 17.5 Å². The Kier molecular flexibility index (Phi) is 4.51. The molecule has 0 saturated carbocycles. The predicted molar refractivity (Wildman–Crippen MR) is 72.0 cm³/mol. The summed E-state index contributed by atoms with van der Waals surface area (Å²) in [5.74, 6) is 0.352. The van der Waals surface area contributed by atoms with Gasteiger partial charge in [0.2, 0.25) is 5.91 Å². The number of aromatic nitrogens is 2. The minimum Gasteiger partial charge on any atom is -0.341 e. The topological polar surface area (TPSA) is 38.1 Å². The van der Waals surface area contributed by atoms with Crippen molar-refractivity contribution < 1.29 is 18.0 Å². The number of likely N-dealkylation sites (tertiary alicyclic amines) is 1. The van der Waals surface area contributed by atoms with Crippen molar-refractivity contribution in [3.05, 3.63) is 16.4 Å². The molecule has 0 aromatic carbocycles. The third-order valence-corrected chi connectivity index (χ3v) is 4.28. The second-order valence-corrected chi connectivity index (χ2v) is 5.84. The highest BCUT2D eigenvalue weighted by Crippen LogP contribution is 2.35. The van der Waals surface area contributed by atoms with Crippen LogP contribution in [0.1, 0.15) is 31.2 Å². The van der Waals surface area contributed by atoms with Gasteiger partial charge in [0.05, 0.1) is 10.7 Å². The summed E-state index contributed by atoms with van der Waals surface area (Å²) in [6, 6.07) is 0. The van der Waals surface area contributed by atoms with Crippen LogP contribution in [-0.4, -0.2) is 33.7 Å². The van der Waals surface area contributed by atoms with Gasteiger partial charge in [0.15, 0.2) is 5.69 Å². The Balaban J connectivity index is 2.11. The first kappa shape index (κ1) is 16.1. The van der Waals surface area contributed by atoms with Crippen LogP contribution >= 0.6 is 11.6 Å². The molecule has 1 saturated heterocycles. The fourth-order valence-corrected chi connectivity index (χ4v) is 2.59. The third kappa shape index (κ3) is 3.51. The van der Waals surface area contributed by atoms with Gasteiger partial charge in [-0.1, -0.05) is 18.5 Å². The summed E-state index contributed by atoms with van der Waals surface area (Å²) in [7, 11) is 0. The molecule has 0 spiro atoms. The van der Waals surface area contributed by atoms with E-state index in [1.165, 1.54) is 6.92 Å². The van der Waals surface area contributed by atoms with E-state index in [-0.39, 0.29) is 18.1 Å². The number of carbonyl (C=O) groups excluding carboxylic acids is 1. The van der Waals surface area contributed by atoms with Crippen LogP contribution in [0.25, 0.3) is 0 Å². The highest BCUT2D eigenvalue weighted by atomic mass is 35.5. The Hall–Kier alpha value is -1.24. The summed E-state index contributed by atoms with van der Waals surface area (Å²) < 4.78 is 39.2. The Morgan fingerprint density at radius 3 is 2.43 bits per heavy atom. The van der Waals surface area contributed by atoms with E-state index < -0.39 is 16.9 Å². The summed E-state index contributed by atoms with van der Waals surface area (Å²) in [5.41, 5.74) is -0.982. The quantitative estimate of drug-likeness (QED) is 0.838. The second kappa shape index (κ2) is 5.87. The van der Waals surface area contributed by atoms with Crippen molar-refractivity contribution in [1.29, 1.82) is 0 Å². The van der Waals surface area contributed by atoms with Gasteiger partial charge >= 0.3 is 6.18 Å². The van der Waals surface area contributed by atoms with Gasteiger partial charge in [-0.15, -0.1) is 0 Å². The zero-order valence-electron chi connectivity index (χ0n) is 11.9. The fourth-order valence-electron chi connectivity index (χ4n) is 2.35. The van der Waals surface area contributed by atoms with E-state index >= 15 is 0 Å². The molecular formula is C13H17ClF3N3O. The van der Waals surface area contributed by atoms with Crippen molar-refractivity contribution in [2.24, 2.45) is 5.92 Å². The normalized spacial score (nSPS) is 17.3. The van der Waals surface area contributed by atoms with Gasteiger partial charge in [0.1, 0.15) is 6.54 Å². The van der Waals surface area contributed by atoms with E-state index in [1.807, 2.05) is 0 Å². The number of hydrogen-bond donors (Lipinski definition) is 0. The first-order chi connectivity index (χ1) is 9.70. The summed E-state index contributed by atoms with van der Waals surface area (Å²) in [6.45, 7) is 4.61. The van der Waals surface area contributed by atoms with Crippen LogP contribution in [0, 0.1) is 12.8 Å². The molecule has 2 heterocycles. The van der Waals surface area contributed by atoms with E-state index in [0.29, 0.717) is 19.0 Å². The van der Waals surface area contributed by atoms with Gasteiger partial charge in [-0.3, -0.25) is 9.48 Å². The molecule has 0 N–H and O–H groups in total. The van der Waals surface area contributed by atoms with E-state index in [4.69, 9.17) is 11.6 Å². The van der Waals surface area contributed by atoms with Crippen molar-refractivity contribution in [3.8, 4) is 0 Å². The standard InChI is InChI=1S/C13H17ClF3N3O/c1-8-3-5-19(6-4-8)10(21)7-20-9(2)11(14)12(18-20)13(15,16)17/h8H,3-7H2,1-2H3. The number of alkyl halides is 3.